The van der Waals surface area contributed by atoms with Gasteiger partial charge in [-0.05, 0) is 67.6 Å². The highest BCUT2D eigenvalue weighted by atomic mass is 16.5. The van der Waals surface area contributed by atoms with E-state index in [2.05, 4.69) is 5.32 Å². The molecule has 1 atom stereocenters. The minimum absolute atomic E-state index is 0.233. The SMILES string of the molecule is CC(OC(=O)c1ccc(NC(=O)CC#N)cc1)C(=O)c1ccc2c(c1)CCC2. The summed E-state index contributed by atoms with van der Waals surface area (Å²) in [6.07, 6.45) is 1.97. The minimum atomic E-state index is -0.901. The molecule has 6 heteroatoms. The van der Waals surface area contributed by atoms with Crippen molar-refractivity contribution in [1.82, 2.24) is 0 Å². The molecule has 2 aromatic rings. The number of nitrogens with one attached hydrogen (secondary N) is 1. The average molecular weight is 376 g/mol. The van der Waals surface area contributed by atoms with E-state index in [1.54, 1.807) is 31.2 Å². The van der Waals surface area contributed by atoms with E-state index in [1.807, 2.05) is 12.1 Å². The quantitative estimate of drug-likeness (QED) is 0.615. The lowest BCUT2D eigenvalue weighted by atomic mass is 10.0. The summed E-state index contributed by atoms with van der Waals surface area (Å²) in [5.41, 5.74) is 3.77. The lowest BCUT2D eigenvalue weighted by Crippen LogP contribution is -2.24. The number of fused-ring (bicyclic) bond motifs is 1. The topological polar surface area (TPSA) is 96.3 Å². The number of nitriles is 1. The largest absolute Gasteiger partial charge is 0.451 e. The molecule has 28 heavy (non-hydrogen) atoms. The van der Waals surface area contributed by atoms with Crippen LogP contribution >= 0.6 is 0 Å². The number of hydrogen-bond donors (Lipinski definition) is 1. The second kappa shape index (κ2) is 8.49. The van der Waals surface area contributed by atoms with Crippen molar-refractivity contribution >= 4 is 23.3 Å². The van der Waals surface area contributed by atoms with Crippen molar-refractivity contribution in [3.05, 3.63) is 64.7 Å². The molecule has 0 aromatic heterocycles. The van der Waals surface area contributed by atoms with Crippen molar-refractivity contribution in [3.63, 3.8) is 0 Å². The smallest absolute Gasteiger partial charge is 0.338 e. The Hall–Kier alpha value is -3.46. The molecule has 1 aliphatic rings. The molecule has 0 radical (unpaired) electrons. The number of ether oxygens (including phenoxy) is 1. The minimum Gasteiger partial charge on any atom is -0.451 e. The molecule has 1 N–H and O–H groups in total. The van der Waals surface area contributed by atoms with Crippen LogP contribution in [0.2, 0.25) is 0 Å². The third-order valence-electron chi connectivity index (χ3n) is 4.68. The van der Waals surface area contributed by atoms with Crippen LogP contribution in [-0.2, 0) is 22.4 Å². The Morgan fingerprint density at radius 2 is 1.75 bits per heavy atom. The third-order valence-corrected chi connectivity index (χ3v) is 4.68. The van der Waals surface area contributed by atoms with Gasteiger partial charge >= 0.3 is 5.97 Å². The number of carbonyl (C=O) groups excluding carboxylic acids is 3. The Morgan fingerprint density at radius 3 is 2.46 bits per heavy atom. The molecule has 3 rings (SSSR count). The van der Waals surface area contributed by atoms with Crippen molar-refractivity contribution in [2.45, 2.75) is 38.7 Å². The number of carbonyl (C=O) groups is 3. The van der Waals surface area contributed by atoms with Gasteiger partial charge in [-0.25, -0.2) is 4.79 Å². The van der Waals surface area contributed by atoms with Crippen molar-refractivity contribution < 1.29 is 19.1 Å². The Balaban J connectivity index is 1.61. The van der Waals surface area contributed by atoms with Crippen molar-refractivity contribution in [2.75, 3.05) is 5.32 Å². The van der Waals surface area contributed by atoms with Gasteiger partial charge < -0.3 is 10.1 Å². The number of ketones is 1. The summed E-state index contributed by atoms with van der Waals surface area (Å²) in [5, 5.41) is 11.0. The fourth-order valence-corrected chi connectivity index (χ4v) is 3.21. The Bertz CT molecular complexity index is 957. The van der Waals surface area contributed by atoms with Crippen LogP contribution in [0.4, 0.5) is 5.69 Å². The van der Waals surface area contributed by atoms with E-state index in [9.17, 15) is 14.4 Å². The van der Waals surface area contributed by atoms with Gasteiger partial charge in [0, 0.05) is 11.3 Å². The van der Waals surface area contributed by atoms with Gasteiger partial charge in [0.15, 0.2) is 6.10 Å². The van der Waals surface area contributed by atoms with Gasteiger partial charge in [-0.1, -0.05) is 12.1 Å². The third kappa shape index (κ3) is 4.44. The van der Waals surface area contributed by atoms with Gasteiger partial charge in [-0.2, -0.15) is 5.26 Å². The maximum Gasteiger partial charge on any atom is 0.338 e. The zero-order valence-corrected chi connectivity index (χ0v) is 15.5. The zero-order valence-electron chi connectivity index (χ0n) is 15.5. The summed E-state index contributed by atoms with van der Waals surface area (Å²) in [5.74, 6) is -1.27. The van der Waals surface area contributed by atoms with Crippen molar-refractivity contribution in [3.8, 4) is 6.07 Å². The summed E-state index contributed by atoms with van der Waals surface area (Å²) in [6.45, 7) is 1.56. The lowest BCUT2D eigenvalue weighted by molar-refractivity contribution is -0.115. The highest BCUT2D eigenvalue weighted by molar-refractivity contribution is 6.01. The van der Waals surface area contributed by atoms with Gasteiger partial charge in [-0.3, -0.25) is 9.59 Å². The first kappa shape index (κ1) is 19.3. The molecular weight excluding hydrogens is 356 g/mol. The summed E-state index contributed by atoms with van der Waals surface area (Å²) in [4.78, 5) is 36.3. The number of hydrogen-bond acceptors (Lipinski definition) is 5. The number of Topliss-reactive ketones (excluding diaryl/α,β-unsaturated/α-hetero) is 1. The molecule has 0 heterocycles. The molecule has 0 bridgehead atoms. The van der Waals surface area contributed by atoms with Gasteiger partial charge in [-0.15, -0.1) is 0 Å². The van der Waals surface area contributed by atoms with E-state index in [-0.39, 0.29) is 17.8 Å². The number of amides is 1. The summed E-state index contributed by atoms with van der Waals surface area (Å²) < 4.78 is 5.31. The molecule has 1 aliphatic carbocycles. The number of esters is 1. The molecule has 2 aromatic carbocycles. The number of nitrogens with zero attached hydrogens (tertiary/aromatic N) is 1. The molecule has 0 fully saturated rings. The van der Waals surface area contributed by atoms with Crippen molar-refractivity contribution in [2.24, 2.45) is 0 Å². The fraction of sp³-hybridized carbons (Fsp3) is 0.273. The van der Waals surface area contributed by atoms with E-state index in [0.29, 0.717) is 11.3 Å². The number of anilines is 1. The van der Waals surface area contributed by atoms with Crippen LogP contribution < -0.4 is 5.32 Å². The molecule has 0 spiro atoms. The number of benzene rings is 2. The number of rotatable bonds is 6. The van der Waals surface area contributed by atoms with E-state index < -0.39 is 18.0 Å². The predicted molar refractivity (Wildman–Crippen MR) is 103 cm³/mol. The fourth-order valence-electron chi connectivity index (χ4n) is 3.21. The summed E-state index contributed by atoms with van der Waals surface area (Å²) in [7, 11) is 0. The van der Waals surface area contributed by atoms with Crippen LogP contribution in [0.25, 0.3) is 0 Å². The molecular formula is C22H20N2O4. The van der Waals surface area contributed by atoms with E-state index in [1.165, 1.54) is 23.3 Å². The molecule has 0 aliphatic heterocycles. The predicted octanol–water partition coefficient (Wildman–Crippen LogP) is 3.46. The average Bonchev–Trinajstić information content (AvgIpc) is 3.15. The van der Waals surface area contributed by atoms with Crippen LogP contribution in [0.3, 0.4) is 0 Å². The highest BCUT2D eigenvalue weighted by Crippen LogP contribution is 2.23. The molecule has 0 saturated carbocycles. The van der Waals surface area contributed by atoms with Gasteiger partial charge in [0.05, 0.1) is 11.6 Å². The lowest BCUT2D eigenvalue weighted by Gasteiger charge is -2.13. The molecule has 0 saturated heterocycles. The van der Waals surface area contributed by atoms with E-state index >= 15 is 0 Å². The Kier molecular flexibility index (Phi) is 5.85. The Labute approximate surface area is 163 Å². The van der Waals surface area contributed by atoms with Crippen molar-refractivity contribution in [1.29, 1.82) is 5.26 Å². The first-order chi connectivity index (χ1) is 13.5. The zero-order chi connectivity index (χ0) is 20.1. The summed E-state index contributed by atoms with van der Waals surface area (Å²) in [6, 6.07) is 13.5. The Morgan fingerprint density at radius 1 is 1.07 bits per heavy atom. The first-order valence-corrected chi connectivity index (χ1v) is 9.12. The maximum atomic E-state index is 12.6. The highest BCUT2D eigenvalue weighted by Gasteiger charge is 2.22. The molecule has 1 unspecified atom stereocenters. The second-order valence-electron chi connectivity index (χ2n) is 6.71. The van der Waals surface area contributed by atoms with Crippen LogP contribution in [0.5, 0.6) is 0 Å². The number of aryl methyl sites for hydroxylation is 2. The van der Waals surface area contributed by atoms with Gasteiger partial charge in [0.1, 0.15) is 6.42 Å². The van der Waals surface area contributed by atoms with Crippen LogP contribution in [-0.4, -0.2) is 23.8 Å². The van der Waals surface area contributed by atoms with Gasteiger partial charge in [0.25, 0.3) is 0 Å². The monoisotopic (exact) mass is 376 g/mol. The van der Waals surface area contributed by atoms with Crippen LogP contribution in [0, 0.1) is 11.3 Å². The molecule has 142 valence electrons. The second-order valence-corrected chi connectivity index (χ2v) is 6.71. The van der Waals surface area contributed by atoms with E-state index in [4.69, 9.17) is 10.00 Å². The molecule has 1 amide bonds. The maximum absolute atomic E-state index is 12.6. The molecule has 6 nitrogen and oxygen atoms in total. The van der Waals surface area contributed by atoms with E-state index in [0.717, 1.165) is 19.3 Å². The van der Waals surface area contributed by atoms with Crippen LogP contribution in [0.15, 0.2) is 42.5 Å². The first-order valence-electron chi connectivity index (χ1n) is 9.12. The summed E-state index contributed by atoms with van der Waals surface area (Å²) >= 11 is 0. The standard InChI is InChI=1S/C22H20N2O4/c1-14(21(26)18-6-5-15-3-2-4-17(15)13-18)28-22(27)16-7-9-19(10-8-16)24-20(25)11-12-23/h5-10,13-14H,2-4,11H2,1H3,(H,24,25). The van der Waals surface area contributed by atoms with Crippen LogP contribution in [0.1, 0.15) is 51.6 Å². The van der Waals surface area contributed by atoms with Gasteiger partial charge in [0.2, 0.25) is 11.7 Å². The normalized spacial score (nSPS) is 13.1.